The average molecular weight is 227 g/mol. The average Bonchev–Trinajstić information content (AvgIpc) is 2.16. The Morgan fingerprint density at radius 1 is 1.62 bits per heavy atom. The number of benzene rings is 1. The van der Waals surface area contributed by atoms with Crippen LogP contribution in [0.4, 0.5) is 4.39 Å². The third-order valence-corrected chi connectivity index (χ3v) is 2.04. The van der Waals surface area contributed by atoms with Crippen molar-refractivity contribution in [3.05, 3.63) is 29.6 Å². The van der Waals surface area contributed by atoms with E-state index in [9.17, 15) is 14.3 Å². The molecule has 0 aliphatic rings. The van der Waals surface area contributed by atoms with E-state index in [0.717, 1.165) is 0 Å². The number of aliphatic hydroxyl groups is 1. The number of rotatable bonds is 5. The number of hydrogen-bond acceptors (Lipinski definition) is 3. The zero-order valence-electron chi connectivity index (χ0n) is 8.94. The van der Waals surface area contributed by atoms with Crippen molar-refractivity contribution >= 4 is 5.91 Å². The molecule has 0 spiro atoms. The molecule has 0 aromatic heterocycles. The van der Waals surface area contributed by atoms with Gasteiger partial charge in [-0.15, -0.1) is 0 Å². The van der Waals surface area contributed by atoms with E-state index in [2.05, 4.69) is 0 Å². The van der Waals surface area contributed by atoms with E-state index in [1.165, 1.54) is 25.1 Å². The van der Waals surface area contributed by atoms with E-state index in [-0.39, 0.29) is 18.6 Å². The van der Waals surface area contributed by atoms with E-state index in [1.54, 1.807) is 0 Å². The molecule has 0 fully saturated rings. The van der Waals surface area contributed by atoms with E-state index in [0.29, 0.717) is 5.75 Å². The number of aliphatic hydroxyl groups excluding tert-OH is 1. The van der Waals surface area contributed by atoms with Crippen LogP contribution in [0.5, 0.6) is 5.75 Å². The minimum Gasteiger partial charge on any atom is -0.493 e. The fourth-order valence-electron chi connectivity index (χ4n) is 1.21. The Labute approximate surface area is 92.8 Å². The maximum Gasteiger partial charge on any atom is 0.220 e. The van der Waals surface area contributed by atoms with Crippen molar-refractivity contribution < 1.29 is 19.0 Å². The summed E-state index contributed by atoms with van der Waals surface area (Å²) in [5, 5.41) is 9.20. The zero-order chi connectivity index (χ0) is 12.1. The van der Waals surface area contributed by atoms with Gasteiger partial charge in [-0.3, -0.25) is 4.79 Å². The second kappa shape index (κ2) is 5.46. The highest BCUT2D eigenvalue weighted by Gasteiger charge is 2.09. The summed E-state index contributed by atoms with van der Waals surface area (Å²) in [5.74, 6) is -0.698. The first-order chi connectivity index (χ1) is 7.50. The van der Waals surface area contributed by atoms with Gasteiger partial charge in [0.1, 0.15) is 11.6 Å². The van der Waals surface area contributed by atoms with Crippen LogP contribution in [0.2, 0.25) is 0 Å². The summed E-state index contributed by atoms with van der Waals surface area (Å²) in [7, 11) is 0. The van der Waals surface area contributed by atoms with Crippen molar-refractivity contribution in [2.45, 2.75) is 19.4 Å². The van der Waals surface area contributed by atoms with Crippen molar-refractivity contribution in [1.29, 1.82) is 0 Å². The Morgan fingerprint density at radius 3 is 2.81 bits per heavy atom. The maximum atomic E-state index is 13.4. The van der Waals surface area contributed by atoms with Crippen LogP contribution in [0.15, 0.2) is 18.2 Å². The van der Waals surface area contributed by atoms with Gasteiger partial charge in [0.25, 0.3) is 0 Å². The molecule has 0 unspecified atom stereocenters. The number of halogens is 1. The summed E-state index contributed by atoms with van der Waals surface area (Å²) in [5.41, 5.74) is 5.13. The minimum absolute atomic E-state index is 0.0831. The lowest BCUT2D eigenvalue weighted by Gasteiger charge is -2.09. The van der Waals surface area contributed by atoms with Crippen LogP contribution in [-0.4, -0.2) is 17.6 Å². The molecule has 0 saturated carbocycles. The summed E-state index contributed by atoms with van der Waals surface area (Å²) in [6.45, 7) is 1.59. The number of amides is 1. The Kier molecular flexibility index (Phi) is 4.25. The first-order valence-electron chi connectivity index (χ1n) is 4.89. The van der Waals surface area contributed by atoms with Crippen LogP contribution >= 0.6 is 0 Å². The molecule has 1 aromatic rings. The molecule has 0 aliphatic heterocycles. The monoisotopic (exact) mass is 227 g/mol. The van der Waals surface area contributed by atoms with Gasteiger partial charge in [0.15, 0.2) is 0 Å². The number of ether oxygens (including phenoxy) is 1. The van der Waals surface area contributed by atoms with Gasteiger partial charge in [-0.1, -0.05) is 0 Å². The maximum absolute atomic E-state index is 13.4. The molecule has 0 aliphatic carbocycles. The summed E-state index contributed by atoms with van der Waals surface area (Å²) in [6, 6.07) is 4.15. The van der Waals surface area contributed by atoms with Crippen molar-refractivity contribution in [2.75, 3.05) is 6.61 Å². The lowest BCUT2D eigenvalue weighted by molar-refractivity contribution is -0.118. The van der Waals surface area contributed by atoms with Crippen LogP contribution in [0, 0.1) is 5.82 Å². The normalized spacial score (nSPS) is 12.2. The molecule has 16 heavy (non-hydrogen) atoms. The zero-order valence-corrected chi connectivity index (χ0v) is 8.94. The molecular weight excluding hydrogens is 213 g/mol. The topological polar surface area (TPSA) is 72.6 Å². The third-order valence-electron chi connectivity index (χ3n) is 2.04. The Hall–Kier alpha value is -1.62. The molecule has 0 bridgehead atoms. The van der Waals surface area contributed by atoms with Crippen LogP contribution in [0.3, 0.4) is 0 Å². The van der Waals surface area contributed by atoms with E-state index < -0.39 is 17.8 Å². The van der Waals surface area contributed by atoms with Gasteiger partial charge < -0.3 is 15.6 Å². The predicted molar refractivity (Wildman–Crippen MR) is 56.3 cm³/mol. The Bertz CT molecular complexity index is 379. The minimum atomic E-state index is -0.861. The summed E-state index contributed by atoms with van der Waals surface area (Å²) < 4.78 is 18.5. The largest absolute Gasteiger partial charge is 0.493 e. The predicted octanol–water partition coefficient (Wildman–Crippen LogP) is 1.13. The number of carbonyl (C=O) groups is 1. The van der Waals surface area contributed by atoms with Crippen LogP contribution in [-0.2, 0) is 4.79 Å². The first-order valence-corrected chi connectivity index (χ1v) is 4.89. The molecule has 0 radical (unpaired) electrons. The molecule has 4 nitrogen and oxygen atoms in total. The van der Waals surface area contributed by atoms with Gasteiger partial charge in [-0.25, -0.2) is 4.39 Å². The lowest BCUT2D eigenvalue weighted by atomic mass is 10.1. The van der Waals surface area contributed by atoms with Crippen LogP contribution < -0.4 is 10.5 Å². The van der Waals surface area contributed by atoms with Gasteiger partial charge in [0.2, 0.25) is 5.91 Å². The quantitative estimate of drug-likeness (QED) is 0.792. The summed E-state index contributed by atoms with van der Waals surface area (Å²) >= 11 is 0. The molecule has 1 atom stereocenters. The number of carbonyl (C=O) groups excluding carboxylic acids is 1. The highest BCUT2D eigenvalue weighted by Crippen LogP contribution is 2.21. The van der Waals surface area contributed by atoms with Crippen molar-refractivity contribution in [2.24, 2.45) is 5.73 Å². The molecule has 1 amide bonds. The second-order valence-electron chi connectivity index (χ2n) is 3.42. The molecule has 88 valence electrons. The second-order valence-corrected chi connectivity index (χ2v) is 3.42. The molecule has 0 saturated heterocycles. The number of primary amides is 1. The van der Waals surface area contributed by atoms with E-state index in [4.69, 9.17) is 10.5 Å². The van der Waals surface area contributed by atoms with Gasteiger partial charge in [-0.2, -0.15) is 0 Å². The Balaban J connectivity index is 2.63. The smallest absolute Gasteiger partial charge is 0.220 e. The highest BCUT2D eigenvalue weighted by atomic mass is 19.1. The van der Waals surface area contributed by atoms with Crippen LogP contribution in [0.25, 0.3) is 0 Å². The molecule has 1 rings (SSSR count). The fourth-order valence-corrected chi connectivity index (χ4v) is 1.21. The van der Waals surface area contributed by atoms with Gasteiger partial charge in [0.05, 0.1) is 19.1 Å². The molecule has 5 heteroatoms. The number of hydrogen-bond donors (Lipinski definition) is 2. The molecule has 0 heterocycles. The van der Waals surface area contributed by atoms with Gasteiger partial charge >= 0.3 is 0 Å². The molecule has 1 aromatic carbocycles. The highest BCUT2D eigenvalue weighted by molar-refractivity contribution is 5.73. The number of nitrogens with two attached hydrogens (primary N) is 1. The third kappa shape index (κ3) is 3.51. The molecular formula is C11H14FNO3. The summed E-state index contributed by atoms with van der Waals surface area (Å²) in [6.07, 6.45) is -0.778. The Morgan fingerprint density at radius 2 is 2.31 bits per heavy atom. The van der Waals surface area contributed by atoms with Crippen molar-refractivity contribution in [1.82, 2.24) is 0 Å². The van der Waals surface area contributed by atoms with Crippen LogP contribution in [0.1, 0.15) is 25.0 Å². The SMILES string of the molecule is C[C@H](O)c1ccc(OCCC(N)=O)cc1F. The summed E-state index contributed by atoms with van der Waals surface area (Å²) in [4.78, 5) is 10.4. The van der Waals surface area contributed by atoms with E-state index >= 15 is 0 Å². The van der Waals surface area contributed by atoms with Crippen molar-refractivity contribution in [3.8, 4) is 5.75 Å². The standard InChI is InChI=1S/C11H14FNO3/c1-7(14)9-3-2-8(6-10(9)12)16-5-4-11(13)15/h2-3,6-7,14H,4-5H2,1H3,(H2,13,15)/t7-/m0/s1. The van der Waals surface area contributed by atoms with Gasteiger partial charge in [-0.05, 0) is 19.1 Å². The lowest BCUT2D eigenvalue weighted by Crippen LogP contribution is -2.14. The van der Waals surface area contributed by atoms with E-state index in [1.807, 2.05) is 0 Å². The van der Waals surface area contributed by atoms with Crippen molar-refractivity contribution in [3.63, 3.8) is 0 Å². The van der Waals surface area contributed by atoms with Gasteiger partial charge in [0, 0.05) is 11.6 Å². The fraction of sp³-hybridized carbons (Fsp3) is 0.364. The molecule has 3 N–H and O–H groups in total. The first kappa shape index (κ1) is 12.4.